The molecule has 0 heterocycles. The molecule has 0 unspecified atom stereocenters. The summed E-state index contributed by atoms with van der Waals surface area (Å²) >= 11 is 0. The topological polar surface area (TPSA) is 36.9 Å². The van der Waals surface area contributed by atoms with Gasteiger partial charge in [-0.15, -0.1) is 0 Å². The number of ether oxygens (including phenoxy) is 1. The Morgan fingerprint density at radius 1 is 1.33 bits per heavy atom. The van der Waals surface area contributed by atoms with Crippen LogP contribution in [0.5, 0.6) is 0 Å². The zero-order valence-corrected chi connectivity index (χ0v) is 13.4. The standard InChI is InChI=1S/C17H27N3O/c1-14-4-6-15(7-5-14)12-20(3)17(18-2)19-10-11-21-13-16-8-9-16/h4-7,16H,8-13H2,1-3H3,(H,18,19). The highest BCUT2D eigenvalue weighted by Gasteiger charge is 2.20. The number of hydrogen-bond acceptors (Lipinski definition) is 2. The second-order valence-corrected chi connectivity index (χ2v) is 5.83. The van der Waals surface area contributed by atoms with E-state index in [1.54, 1.807) is 0 Å². The molecule has 0 aliphatic heterocycles. The van der Waals surface area contributed by atoms with E-state index < -0.39 is 0 Å². The maximum absolute atomic E-state index is 5.63. The first-order valence-corrected chi connectivity index (χ1v) is 7.74. The van der Waals surface area contributed by atoms with Crippen molar-refractivity contribution in [2.24, 2.45) is 10.9 Å². The van der Waals surface area contributed by atoms with Crippen molar-refractivity contribution in [2.45, 2.75) is 26.3 Å². The highest BCUT2D eigenvalue weighted by molar-refractivity contribution is 5.79. The molecule has 116 valence electrons. The molecule has 2 rings (SSSR count). The van der Waals surface area contributed by atoms with E-state index in [-0.39, 0.29) is 0 Å². The van der Waals surface area contributed by atoms with Crippen molar-refractivity contribution in [3.8, 4) is 0 Å². The van der Waals surface area contributed by atoms with Gasteiger partial charge in [-0.25, -0.2) is 0 Å². The van der Waals surface area contributed by atoms with Crippen LogP contribution in [-0.2, 0) is 11.3 Å². The molecule has 0 amide bonds. The van der Waals surface area contributed by atoms with Gasteiger partial charge in [0.05, 0.1) is 6.61 Å². The summed E-state index contributed by atoms with van der Waals surface area (Å²) in [5, 5.41) is 3.35. The minimum absolute atomic E-state index is 0.744. The monoisotopic (exact) mass is 289 g/mol. The molecule has 1 N–H and O–H groups in total. The van der Waals surface area contributed by atoms with Gasteiger partial charge in [-0.05, 0) is 31.2 Å². The number of aryl methyl sites for hydroxylation is 1. The van der Waals surface area contributed by atoms with Crippen molar-refractivity contribution < 1.29 is 4.74 Å². The summed E-state index contributed by atoms with van der Waals surface area (Å²) < 4.78 is 5.63. The first-order valence-electron chi connectivity index (χ1n) is 7.74. The van der Waals surface area contributed by atoms with E-state index in [2.05, 4.69) is 53.4 Å². The van der Waals surface area contributed by atoms with Crippen LogP contribution in [-0.4, -0.2) is 44.7 Å². The van der Waals surface area contributed by atoms with Gasteiger partial charge in [-0.3, -0.25) is 4.99 Å². The van der Waals surface area contributed by atoms with Crippen molar-refractivity contribution in [1.29, 1.82) is 0 Å². The molecule has 0 aromatic heterocycles. The molecule has 1 aliphatic rings. The van der Waals surface area contributed by atoms with E-state index >= 15 is 0 Å². The first-order chi connectivity index (χ1) is 10.2. The number of aliphatic imine (C=N–C) groups is 1. The normalized spacial score (nSPS) is 15.1. The van der Waals surface area contributed by atoms with E-state index in [0.29, 0.717) is 0 Å². The van der Waals surface area contributed by atoms with Crippen LogP contribution < -0.4 is 5.32 Å². The van der Waals surface area contributed by atoms with E-state index in [1.807, 2.05) is 7.05 Å². The molecule has 1 saturated carbocycles. The second kappa shape index (κ2) is 8.03. The highest BCUT2D eigenvalue weighted by Crippen LogP contribution is 2.28. The van der Waals surface area contributed by atoms with Crippen LogP contribution in [0.3, 0.4) is 0 Å². The molecule has 0 radical (unpaired) electrons. The number of guanidine groups is 1. The van der Waals surface area contributed by atoms with E-state index in [9.17, 15) is 0 Å². The zero-order chi connectivity index (χ0) is 15.1. The largest absolute Gasteiger partial charge is 0.379 e. The van der Waals surface area contributed by atoms with Gasteiger partial charge in [-0.2, -0.15) is 0 Å². The van der Waals surface area contributed by atoms with Gasteiger partial charge in [0.15, 0.2) is 5.96 Å². The van der Waals surface area contributed by atoms with Gasteiger partial charge in [0.2, 0.25) is 0 Å². The highest BCUT2D eigenvalue weighted by atomic mass is 16.5. The fourth-order valence-electron chi connectivity index (χ4n) is 2.20. The van der Waals surface area contributed by atoms with Crippen LogP contribution in [0.4, 0.5) is 0 Å². The van der Waals surface area contributed by atoms with Crippen molar-refractivity contribution in [3.63, 3.8) is 0 Å². The predicted molar refractivity (Wildman–Crippen MR) is 87.6 cm³/mol. The summed E-state index contributed by atoms with van der Waals surface area (Å²) in [7, 11) is 3.87. The fourth-order valence-corrected chi connectivity index (χ4v) is 2.20. The van der Waals surface area contributed by atoms with E-state index in [1.165, 1.54) is 24.0 Å². The quantitative estimate of drug-likeness (QED) is 0.476. The van der Waals surface area contributed by atoms with Gasteiger partial charge in [0.25, 0.3) is 0 Å². The van der Waals surface area contributed by atoms with Crippen molar-refractivity contribution in [1.82, 2.24) is 10.2 Å². The van der Waals surface area contributed by atoms with Crippen molar-refractivity contribution in [2.75, 3.05) is 33.9 Å². The third-order valence-corrected chi connectivity index (χ3v) is 3.69. The number of benzene rings is 1. The Balaban J connectivity index is 1.69. The minimum Gasteiger partial charge on any atom is -0.379 e. The minimum atomic E-state index is 0.744. The van der Waals surface area contributed by atoms with Crippen LogP contribution >= 0.6 is 0 Å². The molecule has 0 saturated heterocycles. The molecular formula is C17H27N3O. The number of nitrogens with one attached hydrogen (secondary N) is 1. The third kappa shape index (κ3) is 5.76. The molecule has 1 aromatic carbocycles. The van der Waals surface area contributed by atoms with Gasteiger partial charge in [0.1, 0.15) is 0 Å². The summed E-state index contributed by atoms with van der Waals surface area (Å²) in [5.74, 6) is 1.74. The summed E-state index contributed by atoms with van der Waals surface area (Å²) in [4.78, 5) is 6.45. The molecule has 21 heavy (non-hydrogen) atoms. The third-order valence-electron chi connectivity index (χ3n) is 3.69. The molecule has 4 heteroatoms. The SMILES string of the molecule is CN=C(NCCOCC1CC1)N(C)Cc1ccc(C)cc1. The van der Waals surface area contributed by atoms with E-state index in [4.69, 9.17) is 4.74 Å². The molecule has 0 atom stereocenters. The van der Waals surface area contributed by atoms with Gasteiger partial charge >= 0.3 is 0 Å². The molecule has 0 bridgehead atoms. The van der Waals surface area contributed by atoms with Crippen LogP contribution in [0.2, 0.25) is 0 Å². The Morgan fingerprint density at radius 3 is 2.67 bits per heavy atom. The summed E-state index contributed by atoms with van der Waals surface area (Å²) in [6.07, 6.45) is 2.68. The Hall–Kier alpha value is -1.55. The first kappa shape index (κ1) is 15.8. The van der Waals surface area contributed by atoms with Gasteiger partial charge < -0.3 is 15.0 Å². The van der Waals surface area contributed by atoms with Crippen LogP contribution in [0.15, 0.2) is 29.3 Å². The van der Waals surface area contributed by atoms with Crippen LogP contribution in [0.25, 0.3) is 0 Å². The van der Waals surface area contributed by atoms with Crippen molar-refractivity contribution >= 4 is 5.96 Å². The van der Waals surface area contributed by atoms with Crippen LogP contribution in [0.1, 0.15) is 24.0 Å². The van der Waals surface area contributed by atoms with Gasteiger partial charge in [0, 0.05) is 33.8 Å². The second-order valence-electron chi connectivity index (χ2n) is 5.83. The Bertz CT molecular complexity index is 452. The molecule has 1 aromatic rings. The van der Waals surface area contributed by atoms with Crippen molar-refractivity contribution in [3.05, 3.63) is 35.4 Å². The fraction of sp³-hybridized carbons (Fsp3) is 0.588. The zero-order valence-electron chi connectivity index (χ0n) is 13.4. The number of rotatable bonds is 7. The van der Waals surface area contributed by atoms with E-state index in [0.717, 1.165) is 38.2 Å². The average molecular weight is 289 g/mol. The smallest absolute Gasteiger partial charge is 0.193 e. The molecule has 1 fully saturated rings. The number of hydrogen-bond donors (Lipinski definition) is 1. The lowest BCUT2D eigenvalue weighted by Gasteiger charge is -2.22. The number of nitrogens with zero attached hydrogens (tertiary/aromatic N) is 2. The average Bonchev–Trinajstić information content (AvgIpc) is 3.29. The lowest BCUT2D eigenvalue weighted by Crippen LogP contribution is -2.40. The molecule has 1 aliphatic carbocycles. The lowest BCUT2D eigenvalue weighted by atomic mass is 10.1. The predicted octanol–water partition coefficient (Wildman–Crippen LogP) is 2.43. The van der Waals surface area contributed by atoms with Crippen LogP contribution in [0, 0.1) is 12.8 Å². The Morgan fingerprint density at radius 2 is 2.05 bits per heavy atom. The Labute approximate surface area is 128 Å². The molecular weight excluding hydrogens is 262 g/mol. The lowest BCUT2D eigenvalue weighted by molar-refractivity contribution is 0.128. The summed E-state index contributed by atoms with van der Waals surface area (Å²) in [6.45, 7) is 5.42. The maximum atomic E-state index is 5.63. The maximum Gasteiger partial charge on any atom is 0.193 e. The molecule has 4 nitrogen and oxygen atoms in total. The molecule has 0 spiro atoms. The summed E-state index contributed by atoms with van der Waals surface area (Å²) in [6, 6.07) is 8.62. The summed E-state index contributed by atoms with van der Waals surface area (Å²) in [5.41, 5.74) is 2.58. The Kier molecular flexibility index (Phi) is 6.05. The van der Waals surface area contributed by atoms with Gasteiger partial charge in [-0.1, -0.05) is 29.8 Å².